The van der Waals surface area contributed by atoms with Crippen molar-refractivity contribution >= 4 is 5.97 Å². The van der Waals surface area contributed by atoms with Crippen LogP contribution in [0.5, 0.6) is 0 Å². The minimum Gasteiger partial charge on any atom is -0.450 e. The molecule has 0 aliphatic carbocycles. The minimum absolute atomic E-state index is 0.378. The van der Waals surface area contributed by atoms with Crippen LogP contribution in [0.25, 0.3) is 0 Å². The Morgan fingerprint density at radius 1 is 1.88 bits per heavy atom. The van der Waals surface area contributed by atoms with Crippen LogP contribution in [0.4, 0.5) is 0 Å². The minimum atomic E-state index is -0.507. The van der Waals surface area contributed by atoms with E-state index in [0.717, 1.165) is 0 Å². The van der Waals surface area contributed by atoms with Gasteiger partial charge < -0.3 is 4.74 Å². The molecule has 0 fully saturated rings. The van der Waals surface area contributed by atoms with Gasteiger partial charge in [0.15, 0.2) is 6.10 Å². The first-order valence-electron chi connectivity index (χ1n) is 2.26. The van der Waals surface area contributed by atoms with Crippen LogP contribution < -0.4 is 0 Å². The van der Waals surface area contributed by atoms with Gasteiger partial charge in [0.25, 0.3) is 0 Å². The van der Waals surface area contributed by atoms with Gasteiger partial charge >= 0.3 is 5.97 Å². The molecule has 1 radical (unpaired) electrons. The van der Waals surface area contributed by atoms with Gasteiger partial charge in [-0.25, -0.2) is 0 Å². The molecule has 0 saturated heterocycles. The monoisotopic (exact) mass is 111 g/mol. The second-order valence-electron chi connectivity index (χ2n) is 1.40. The van der Waals surface area contributed by atoms with Crippen LogP contribution in [0.2, 0.25) is 0 Å². The van der Waals surface area contributed by atoms with E-state index in [1.807, 2.05) is 5.92 Å². The Labute approximate surface area is 48.8 Å². The SMILES string of the molecule is [C]#CC(C)OC(C)=O. The van der Waals surface area contributed by atoms with Gasteiger partial charge in [-0.15, -0.1) is 0 Å². The summed E-state index contributed by atoms with van der Waals surface area (Å²) in [7, 11) is 0. The van der Waals surface area contributed by atoms with Gasteiger partial charge in [0.1, 0.15) is 0 Å². The van der Waals surface area contributed by atoms with Gasteiger partial charge in [-0.1, -0.05) is 0 Å². The third-order valence-electron chi connectivity index (χ3n) is 0.546. The highest BCUT2D eigenvalue weighted by atomic mass is 16.5. The third kappa shape index (κ3) is 3.23. The molecule has 8 heavy (non-hydrogen) atoms. The van der Waals surface area contributed by atoms with Crippen LogP contribution in [0.1, 0.15) is 13.8 Å². The third-order valence-corrected chi connectivity index (χ3v) is 0.546. The zero-order chi connectivity index (χ0) is 6.57. The van der Waals surface area contributed by atoms with E-state index in [1.165, 1.54) is 6.92 Å². The molecule has 0 spiro atoms. The predicted octanol–water partition coefficient (Wildman–Crippen LogP) is 0.528. The topological polar surface area (TPSA) is 26.3 Å². The van der Waals surface area contributed by atoms with E-state index in [0.29, 0.717) is 0 Å². The lowest BCUT2D eigenvalue weighted by atomic mass is 10.4. The lowest BCUT2D eigenvalue weighted by Gasteiger charge is -2.00. The van der Waals surface area contributed by atoms with Crippen molar-refractivity contribution in [1.82, 2.24) is 0 Å². The van der Waals surface area contributed by atoms with Crippen molar-refractivity contribution in [3.8, 4) is 5.92 Å². The molecule has 0 rings (SSSR count). The zero-order valence-corrected chi connectivity index (χ0v) is 4.89. The molecule has 0 N–H and O–H groups in total. The number of hydrogen-bond donors (Lipinski definition) is 0. The van der Waals surface area contributed by atoms with Crippen molar-refractivity contribution in [2.24, 2.45) is 0 Å². The van der Waals surface area contributed by atoms with Crippen LogP contribution in [-0.2, 0) is 9.53 Å². The van der Waals surface area contributed by atoms with Gasteiger partial charge in [0.2, 0.25) is 0 Å². The summed E-state index contributed by atoms with van der Waals surface area (Å²) in [5, 5.41) is 0. The first-order valence-corrected chi connectivity index (χ1v) is 2.26. The van der Waals surface area contributed by atoms with E-state index < -0.39 is 6.10 Å². The van der Waals surface area contributed by atoms with Crippen molar-refractivity contribution in [1.29, 1.82) is 0 Å². The molecule has 0 aliphatic rings. The molecule has 43 valence electrons. The standard InChI is InChI=1S/C6H7O2/c1-4-5(2)8-6(3)7/h5H,2-3H3. The Kier molecular flexibility index (Phi) is 2.71. The second-order valence-corrected chi connectivity index (χ2v) is 1.40. The summed E-state index contributed by atoms with van der Waals surface area (Å²) < 4.78 is 4.46. The Balaban J connectivity index is 3.43. The van der Waals surface area contributed by atoms with Crippen LogP contribution in [-0.4, -0.2) is 12.1 Å². The fraction of sp³-hybridized carbons (Fsp3) is 0.500. The van der Waals surface area contributed by atoms with E-state index >= 15 is 0 Å². The van der Waals surface area contributed by atoms with Crippen molar-refractivity contribution in [2.45, 2.75) is 20.0 Å². The van der Waals surface area contributed by atoms with E-state index in [2.05, 4.69) is 4.74 Å². The number of rotatable bonds is 1. The molecule has 0 aromatic carbocycles. The normalized spacial score (nSPS) is 11.6. The second kappa shape index (κ2) is 3.09. The Hall–Kier alpha value is -0.970. The van der Waals surface area contributed by atoms with Crippen molar-refractivity contribution in [3.05, 3.63) is 6.42 Å². The number of carbonyl (C=O) groups is 1. The first-order chi connectivity index (χ1) is 3.66. The van der Waals surface area contributed by atoms with Crippen molar-refractivity contribution in [3.63, 3.8) is 0 Å². The summed E-state index contributed by atoms with van der Waals surface area (Å²) >= 11 is 0. The van der Waals surface area contributed by atoms with Gasteiger partial charge in [-0.05, 0) is 19.3 Å². The largest absolute Gasteiger partial charge is 0.450 e. The lowest BCUT2D eigenvalue weighted by molar-refractivity contribution is -0.143. The fourth-order valence-electron chi connectivity index (χ4n) is 0.278. The Morgan fingerprint density at radius 3 is 2.50 bits per heavy atom. The molecule has 0 aromatic rings. The molecular weight excluding hydrogens is 104 g/mol. The number of ether oxygens (including phenoxy) is 1. The predicted molar refractivity (Wildman–Crippen MR) is 28.4 cm³/mol. The fourth-order valence-corrected chi connectivity index (χ4v) is 0.278. The van der Waals surface area contributed by atoms with Crippen LogP contribution >= 0.6 is 0 Å². The van der Waals surface area contributed by atoms with E-state index in [-0.39, 0.29) is 5.97 Å². The molecule has 0 heterocycles. The molecule has 0 saturated carbocycles. The summed E-state index contributed by atoms with van der Waals surface area (Å²) in [4.78, 5) is 10.1. The zero-order valence-electron chi connectivity index (χ0n) is 4.89. The molecule has 0 amide bonds. The van der Waals surface area contributed by atoms with Gasteiger partial charge in [-0.3, -0.25) is 4.79 Å². The highest BCUT2D eigenvalue weighted by Gasteiger charge is 1.97. The highest BCUT2D eigenvalue weighted by molar-refractivity contribution is 5.66. The summed E-state index contributed by atoms with van der Waals surface area (Å²) in [5.74, 6) is 1.63. The summed E-state index contributed by atoms with van der Waals surface area (Å²) in [6.07, 6.45) is 5.97. The van der Waals surface area contributed by atoms with E-state index in [1.54, 1.807) is 6.92 Å². The summed E-state index contributed by atoms with van der Waals surface area (Å²) in [5.41, 5.74) is 0. The van der Waals surface area contributed by atoms with E-state index in [4.69, 9.17) is 6.42 Å². The van der Waals surface area contributed by atoms with Crippen LogP contribution in [0, 0.1) is 12.3 Å². The maximum absolute atomic E-state index is 10.1. The smallest absolute Gasteiger partial charge is 0.303 e. The van der Waals surface area contributed by atoms with Crippen LogP contribution in [0.3, 0.4) is 0 Å². The summed E-state index contributed by atoms with van der Waals surface area (Å²) in [6.45, 7) is 2.88. The maximum Gasteiger partial charge on any atom is 0.303 e. The van der Waals surface area contributed by atoms with Crippen molar-refractivity contribution < 1.29 is 9.53 Å². The molecule has 2 nitrogen and oxygen atoms in total. The molecule has 0 aromatic heterocycles. The van der Waals surface area contributed by atoms with Crippen LogP contribution in [0.15, 0.2) is 0 Å². The molecule has 2 heteroatoms. The molecule has 0 aliphatic heterocycles. The number of carbonyl (C=O) groups excluding carboxylic acids is 1. The van der Waals surface area contributed by atoms with Gasteiger partial charge in [0, 0.05) is 6.92 Å². The van der Waals surface area contributed by atoms with E-state index in [9.17, 15) is 4.79 Å². The molecule has 1 unspecified atom stereocenters. The average Bonchev–Trinajstić information content (AvgIpc) is 1.65. The maximum atomic E-state index is 10.1. The molecule has 0 bridgehead atoms. The lowest BCUT2D eigenvalue weighted by Crippen LogP contribution is -2.08. The average molecular weight is 111 g/mol. The quantitative estimate of drug-likeness (QED) is 0.364. The summed E-state index contributed by atoms with van der Waals surface area (Å²) in [6, 6.07) is 0. The molecule has 1 atom stereocenters. The highest BCUT2D eigenvalue weighted by Crippen LogP contribution is 1.86. The van der Waals surface area contributed by atoms with Gasteiger partial charge in [0.05, 0.1) is 0 Å². The first kappa shape index (κ1) is 7.03. The number of esters is 1. The Bertz CT molecular complexity index is 121. The van der Waals surface area contributed by atoms with Crippen molar-refractivity contribution in [2.75, 3.05) is 0 Å². The molecular formula is C6H7O2. The number of hydrogen-bond acceptors (Lipinski definition) is 2. The Morgan fingerprint density at radius 2 is 2.38 bits per heavy atom. The van der Waals surface area contributed by atoms with Gasteiger partial charge in [-0.2, -0.15) is 0 Å².